The summed E-state index contributed by atoms with van der Waals surface area (Å²) in [6, 6.07) is 14.0. The lowest BCUT2D eigenvalue weighted by Gasteiger charge is -2.08. The molecule has 1 atom stereocenters. The highest BCUT2D eigenvalue weighted by atomic mass is 32.1. The number of thiophene rings is 1. The van der Waals surface area contributed by atoms with Crippen LogP contribution in [-0.4, -0.2) is 16.1 Å². The van der Waals surface area contributed by atoms with Crippen molar-refractivity contribution >= 4 is 33.7 Å². The summed E-state index contributed by atoms with van der Waals surface area (Å²) in [7, 11) is 0. The molecule has 0 radical (unpaired) electrons. The van der Waals surface area contributed by atoms with E-state index in [-0.39, 0.29) is 5.91 Å². The van der Waals surface area contributed by atoms with Gasteiger partial charge in [0.25, 0.3) is 5.91 Å². The van der Waals surface area contributed by atoms with Crippen LogP contribution in [-0.2, 0) is 6.42 Å². The fraction of sp³-hybridized carbons (Fsp3) is 0.188. The van der Waals surface area contributed by atoms with Crippen LogP contribution in [0.25, 0.3) is 0 Å². The van der Waals surface area contributed by atoms with Crippen molar-refractivity contribution in [3.05, 3.63) is 63.3 Å². The van der Waals surface area contributed by atoms with E-state index in [1.165, 1.54) is 28.2 Å². The van der Waals surface area contributed by atoms with E-state index in [4.69, 9.17) is 0 Å². The highest BCUT2D eigenvalue weighted by Gasteiger charge is 2.13. The van der Waals surface area contributed by atoms with Gasteiger partial charge in [-0.25, -0.2) is 0 Å². The molecule has 1 amide bonds. The van der Waals surface area contributed by atoms with Crippen molar-refractivity contribution in [1.29, 1.82) is 0 Å². The van der Waals surface area contributed by atoms with Crippen molar-refractivity contribution in [3.63, 3.8) is 0 Å². The Hall–Kier alpha value is -2.05. The van der Waals surface area contributed by atoms with E-state index < -0.39 is 0 Å². The van der Waals surface area contributed by atoms with Crippen molar-refractivity contribution < 1.29 is 4.79 Å². The zero-order valence-electron chi connectivity index (χ0n) is 12.0. The molecule has 0 aliphatic rings. The minimum Gasteiger partial charge on any atom is -0.296 e. The van der Waals surface area contributed by atoms with Crippen LogP contribution in [0.2, 0.25) is 0 Å². The second-order valence-electron chi connectivity index (χ2n) is 4.95. The first-order chi connectivity index (χ1) is 10.7. The highest BCUT2D eigenvalue weighted by molar-refractivity contribution is 7.15. The molecule has 0 spiro atoms. The van der Waals surface area contributed by atoms with Crippen LogP contribution in [0.4, 0.5) is 5.13 Å². The molecule has 4 nitrogen and oxygen atoms in total. The van der Waals surface area contributed by atoms with Crippen molar-refractivity contribution in [2.45, 2.75) is 19.3 Å². The molecule has 112 valence electrons. The molecule has 1 unspecified atom stereocenters. The van der Waals surface area contributed by atoms with Gasteiger partial charge in [0, 0.05) is 6.42 Å². The first-order valence-electron chi connectivity index (χ1n) is 6.94. The minimum absolute atomic E-state index is 0.131. The van der Waals surface area contributed by atoms with Gasteiger partial charge in [0.05, 0.1) is 4.88 Å². The van der Waals surface area contributed by atoms with Gasteiger partial charge < -0.3 is 0 Å². The summed E-state index contributed by atoms with van der Waals surface area (Å²) < 4.78 is 0. The quantitative estimate of drug-likeness (QED) is 0.763. The highest BCUT2D eigenvalue weighted by Crippen LogP contribution is 2.24. The van der Waals surface area contributed by atoms with Gasteiger partial charge in [-0.15, -0.1) is 21.5 Å². The molecule has 0 saturated heterocycles. The zero-order chi connectivity index (χ0) is 15.4. The summed E-state index contributed by atoms with van der Waals surface area (Å²) in [5.74, 6) is 0.240. The summed E-state index contributed by atoms with van der Waals surface area (Å²) in [6.45, 7) is 2.17. The number of carbonyl (C=O) groups excluding carboxylic acids is 1. The molecule has 6 heteroatoms. The van der Waals surface area contributed by atoms with E-state index in [0.717, 1.165) is 11.4 Å². The van der Waals surface area contributed by atoms with E-state index in [0.29, 0.717) is 15.9 Å². The van der Waals surface area contributed by atoms with Crippen LogP contribution < -0.4 is 5.32 Å². The fourth-order valence-electron chi connectivity index (χ4n) is 2.11. The Morgan fingerprint density at radius 1 is 1.18 bits per heavy atom. The maximum absolute atomic E-state index is 12.0. The van der Waals surface area contributed by atoms with Crippen molar-refractivity contribution in [1.82, 2.24) is 10.2 Å². The third-order valence-corrected chi connectivity index (χ3v) is 5.01. The molecule has 0 fully saturated rings. The van der Waals surface area contributed by atoms with Gasteiger partial charge in [-0.2, -0.15) is 0 Å². The molecule has 0 bridgehead atoms. The second-order valence-corrected chi connectivity index (χ2v) is 6.96. The van der Waals surface area contributed by atoms with Crippen molar-refractivity contribution in [2.75, 3.05) is 5.32 Å². The number of nitrogens with one attached hydrogen (secondary N) is 1. The van der Waals surface area contributed by atoms with Gasteiger partial charge in [0.15, 0.2) is 0 Å². The number of benzene rings is 1. The molecular formula is C16H15N3OS2. The molecule has 3 rings (SSSR count). The minimum atomic E-state index is -0.131. The van der Waals surface area contributed by atoms with Crippen LogP contribution >= 0.6 is 22.7 Å². The van der Waals surface area contributed by atoms with Crippen LogP contribution in [0.3, 0.4) is 0 Å². The number of hydrogen-bond acceptors (Lipinski definition) is 5. The van der Waals surface area contributed by atoms with E-state index >= 15 is 0 Å². The van der Waals surface area contributed by atoms with Crippen molar-refractivity contribution in [3.8, 4) is 0 Å². The smallest absolute Gasteiger partial charge is 0.267 e. The maximum atomic E-state index is 12.0. The first kappa shape index (κ1) is 14.9. The number of aromatic nitrogens is 2. The largest absolute Gasteiger partial charge is 0.296 e. The topological polar surface area (TPSA) is 54.9 Å². The molecule has 2 aromatic heterocycles. The van der Waals surface area contributed by atoms with Gasteiger partial charge in [0.1, 0.15) is 5.01 Å². The van der Waals surface area contributed by atoms with Crippen molar-refractivity contribution in [2.24, 2.45) is 0 Å². The predicted octanol–water partition coefficient (Wildman–Crippen LogP) is 4.20. The normalized spacial score (nSPS) is 12.0. The van der Waals surface area contributed by atoms with Crippen LogP contribution in [0, 0.1) is 0 Å². The average Bonchev–Trinajstić information content (AvgIpc) is 3.20. The molecule has 0 aliphatic heterocycles. The Kier molecular flexibility index (Phi) is 4.60. The maximum Gasteiger partial charge on any atom is 0.267 e. The molecule has 1 N–H and O–H groups in total. The first-order valence-corrected chi connectivity index (χ1v) is 8.64. The molecule has 22 heavy (non-hydrogen) atoms. The summed E-state index contributed by atoms with van der Waals surface area (Å²) >= 11 is 2.84. The molecule has 1 aromatic carbocycles. The Bertz CT molecular complexity index is 738. The second kappa shape index (κ2) is 6.81. The number of rotatable bonds is 5. The predicted molar refractivity (Wildman–Crippen MR) is 90.7 cm³/mol. The molecule has 2 heterocycles. The third kappa shape index (κ3) is 3.58. The van der Waals surface area contributed by atoms with E-state index in [1.54, 1.807) is 6.07 Å². The van der Waals surface area contributed by atoms with E-state index in [1.807, 2.05) is 29.6 Å². The van der Waals surface area contributed by atoms with Crippen LogP contribution in [0.1, 0.15) is 33.1 Å². The number of nitrogens with zero attached hydrogens (tertiary/aromatic N) is 2. The Morgan fingerprint density at radius 2 is 2.00 bits per heavy atom. The summed E-state index contributed by atoms with van der Waals surface area (Å²) in [5, 5.41) is 14.4. The summed E-state index contributed by atoms with van der Waals surface area (Å²) in [6.07, 6.45) is 0.816. The summed E-state index contributed by atoms with van der Waals surface area (Å²) in [4.78, 5) is 12.6. The number of hydrogen-bond donors (Lipinski definition) is 1. The van der Waals surface area contributed by atoms with Gasteiger partial charge in [-0.3, -0.25) is 10.1 Å². The lowest BCUT2D eigenvalue weighted by Crippen LogP contribution is -2.09. The summed E-state index contributed by atoms with van der Waals surface area (Å²) in [5.41, 5.74) is 1.28. The molecule has 0 saturated carbocycles. The van der Waals surface area contributed by atoms with Gasteiger partial charge in [0.2, 0.25) is 5.13 Å². The number of carbonyl (C=O) groups is 1. The molecule has 3 aromatic rings. The van der Waals surface area contributed by atoms with Crippen LogP contribution in [0.15, 0.2) is 47.8 Å². The SMILES string of the molecule is CC(Cc1nnc(NC(=O)c2cccs2)s1)c1ccccc1. The van der Waals surface area contributed by atoms with E-state index in [9.17, 15) is 4.79 Å². The Balaban J connectivity index is 1.63. The molecule has 0 aliphatic carbocycles. The lowest BCUT2D eigenvalue weighted by molar-refractivity contribution is 0.103. The van der Waals surface area contributed by atoms with E-state index in [2.05, 4.69) is 34.6 Å². The van der Waals surface area contributed by atoms with Gasteiger partial charge >= 0.3 is 0 Å². The number of anilines is 1. The standard InChI is InChI=1S/C16H15N3OS2/c1-11(12-6-3-2-4-7-12)10-14-18-19-16(22-14)17-15(20)13-8-5-9-21-13/h2-9,11H,10H2,1H3,(H,17,19,20). The van der Waals surface area contributed by atoms with Crippen LogP contribution in [0.5, 0.6) is 0 Å². The van der Waals surface area contributed by atoms with Gasteiger partial charge in [-0.1, -0.05) is 54.7 Å². The third-order valence-electron chi connectivity index (χ3n) is 3.28. The fourth-order valence-corrected chi connectivity index (χ4v) is 3.60. The lowest BCUT2D eigenvalue weighted by atomic mass is 9.98. The monoisotopic (exact) mass is 329 g/mol. The van der Waals surface area contributed by atoms with Gasteiger partial charge in [-0.05, 0) is 22.9 Å². The Labute approximate surface area is 136 Å². The Morgan fingerprint density at radius 3 is 2.73 bits per heavy atom. The molecular weight excluding hydrogens is 314 g/mol. The average molecular weight is 329 g/mol. The number of amides is 1. The zero-order valence-corrected chi connectivity index (χ0v) is 13.7.